The zero-order chi connectivity index (χ0) is 17.7. The minimum atomic E-state index is -0.0683. The minimum absolute atomic E-state index is 0.0683. The van der Waals surface area contributed by atoms with Crippen molar-refractivity contribution in [1.29, 1.82) is 0 Å². The number of anilines is 1. The van der Waals surface area contributed by atoms with Crippen LogP contribution in [0.3, 0.4) is 0 Å². The molecule has 0 atom stereocenters. The van der Waals surface area contributed by atoms with Gasteiger partial charge in [-0.25, -0.2) is 0 Å². The smallest absolute Gasteiger partial charge is 0.224 e. The van der Waals surface area contributed by atoms with Crippen LogP contribution in [0, 0.1) is 13.8 Å². The SMILES string of the molecule is CCCOc1c(Cl)cccc1NC(=O)CCc1c(C)nn(C)c1C. The molecule has 1 heterocycles. The van der Waals surface area contributed by atoms with Gasteiger partial charge in [0.15, 0.2) is 5.75 Å². The molecule has 5 nitrogen and oxygen atoms in total. The summed E-state index contributed by atoms with van der Waals surface area (Å²) >= 11 is 6.18. The Morgan fingerprint density at radius 2 is 2.12 bits per heavy atom. The Morgan fingerprint density at radius 3 is 2.75 bits per heavy atom. The highest BCUT2D eigenvalue weighted by atomic mass is 35.5. The molecule has 0 radical (unpaired) electrons. The van der Waals surface area contributed by atoms with Crippen molar-refractivity contribution in [3.05, 3.63) is 40.2 Å². The average Bonchev–Trinajstić information content (AvgIpc) is 2.77. The molecule has 130 valence electrons. The number of para-hydroxylation sites is 1. The van der Waals surface area contributed by atoms with Gasteiger partial charge in [-0.15, -0.1) is 0 Å². The molecule has 1 aromatic heterocycles. The molecule has 6 heteroatoms. The Bertz CT molecular complexity index is 725. The maximum atomic E-state index is 12.3. The predicted octanol–water partition coefficient (Wildman–Crippen LogP) is 4.05. The van der Waals surface area contributed by atoms with Crippen molar-refractivity contribution in [2.75, 3.05) is 11.9 Å². The van der Waals surface area contributed by atoms with E-state index in [9.17, 15) is 4.79 Å². The molecule has 0 aliphatic carbocycles. The highest BCUT2D eigenvalue weighted by Gasteiger charge is 2.14. The van der Waals surface area contributed by atoms with E-state index in [4.69, 9.17) is 16.3 Å². The number of nitrogens with one attached hydrogen (secondary N) is 1. The topological polar surface area (TPSA) is 56.1 Å². The standard InChI is InChI=1S/C18H24ClN3O2/c1-5-11-24-18-15(19)7-6-8-16(18)20-17(23)10-9-14-12(2)21-22(4)13(14)3/h6-8H,5,9-11H2,1-4H3,(H,20,23). The Morgan fingerprint density at radius 1 is 1.38 bits per heavy atom. The molecule has 1 amide bonds. The van der Waals surface area contributed by atoms with Crippen LogP contribution in [0.1, 0.15) is 36.7 Å². The third-order valence-electron chi connectivity index (χ3n) is 3.95. The molecular formula is C18H24ClN3O2. The van der Waals surface area contributed by atoms with Crippen LogP contribution < -0.4 is 10.1 Å². The van der Waals surface area contributed by atoms with Gasteiger partial charge in [-0.3, -0.25) is 9.48 Å². The molecule has 0 bridgehead atoms. The van der Waals surface area contributed by atoms with Gasteiger partial charge in [0.05, 0.1) is 23.0 Å². The Hall–Kier alpha value is -2.01. The maximum absolute atomic E-state index is 12.3. The molecule has 0 saturated carbocycles. The van der Waals surface area contributed by atoms with Crippen LogP contribution in [0.2, 0.25) is 5.02 Å². The summed E-state index contributed by atoms with van der Waals surface area (Å²) in [5.41, 5.74) is 3.80. The third-order valence-corrected chi connectivity index (χ3v) is 4.25. The van der Waals surface area contributed by atoms with Crippen molar-refractivity contribution in [3.8, 4) is 5.75 Å². The van der Waals surface area contributed by atoms with E-state index in [1.807, 2.05) is 32.5 Å². The Balaban J connectivity index is 2.03. The highest BCUT2D eigenvalue weighted by Crippen LogP contribution is 2.33. The number of hydrogen-bond donors (Lipinski definition) is 1. The third kappa shape index (κ3) is 4.29. The number of aromatic nitrogens is 2. The largest absolute Gasteiger partial charge is 0.490 e. The molecule has 0 saturated heterocycles. The van der Waals surface area contributed by atoms with E-state index in [0.717, 1.165) is 23.4 Å². The minimum Gasteiger partial charge on any atom is -0.490 e. The van der Waals surface area contributed by atoms with Gasteiger partial charge in [0.2, 0.25) is 5.91 Å². The summed E-state index contributed by atoms with van der Waals surface area (Å²) in [7, 11) is 1.91. The van der Waals surface area contributed by atoms with Gasteiger partial charge >= 0.3 is 0 Å². The number of carbonyl (C=O) groups is 1. The number of benzene rings is 1. The fourth-order valence-electron chi connectivity index (χ4n) is 2.59. The predicted molar refractivity (Wildman–Crippen MR) is 96.9 cm³/mol. The number of halogens is 1. The molecule has 0 fully saturated rings. The molecule has 1 N–H and O–H groups in total. The van der Waals surface area contributed by atoms with E-state index in [1.54, 1.807) is 18.2 Å². The summed E-state index contributed by atoms with van der Waals surface area (Å²) in [6.07, 6.45) is 1.91. The lowest BCUT2D eigenvalue weighted by atomic mass is 10.1. The number of aryl methyl sites for hydroxylation is 2. The van der Waals surface area contributed by atoms with Gasteiger partial charge in [0.25, 0.3) is 0 Å². The molecule has 2 rings (SSSR count). The fraction of sp³-hybridized carbons (Fsp3) is 0.444. The highest BCUT2D eigenvalue weighted by molar-refractivity contribution is 6.32. The molecule has 0 aliphatic heterocycles. The van der Waals surface area contributed by atoms with Crippen molar-refractivity contribution < 1.29 is 9.53 Å². The summed E-state index contributed by atoms with van der Waals surface area (Å²) in [5.74, 6) is 0.462. The van der Waals surface area contributed by atoms with Gasteiger partial charge in [0, 0.05) is 19.2 Å². The van der Waals surface area contributed by atoms with Crippen LogP contribution in [0.4, 0.5) is 5.69 Å². The first-order chi connectivity index (χ1) is 11.4. The summed E-state index contributed by atoms with van der Waals surface area (Å²) < 4.78 is 7.51. The van der Waals surface area contributed by atoms with Crippen LogP contribution in [-0.2, 0) is 18.3 Å². The van der Waals surface area contributed by atoms with Crippen LogP contribution in [0.5, 0.6) is 5.75 Å². The van der Waals surface area contributed by atoms with Gasteiger partial charge in [-0.05, 0) is 44.4 Å². The number of nitrogens with zero attached hydrogens (tertiary/aromatic N) is 2. The molecule has 0 spiro atoms. The van der Waals surface area contributed by atoms with E-state index < -0.39 is 0 Å². The van der Waals surface area contributed by atoms with Gasteiger partial charge in [0.1, 0.15) is 0 Å². The van der Waals surface area contributed by atoms with Crippen molar-refractivity contribution >= 4 is 23.2 Å². The second-order valence-corrected chi connectivity index (χ2v) is 6.19. The maximum Gasteiger partial charge on any atom is 0.224 e. The van der Waals surface area contributed by atoms with Crippen LogP contribution in [0.25, 0.3) is 0 Å². The van der Waals surface area contributed by atoms with Crippen LogP contribution >= 0.6 is 11.6 Å². The zero-order valence-corrected chi connectivity index (χ0v) is 15.4. The number of ether oxygens (including phenoxy) is 1. The van der Waals surface area contributed by atoms with E-state index >= 15 is 0 Å². The van der Waals surface area contributed by atoms with Crippen molar-refractivity contribution in [2.45, 2.75) is 40.0 Å². The van der Waals surface area contributed by atoms with E-state index in [2.05, 4.69) is 10.4 Å². The quantitative estimate of drug-likeness (QED) is 0.820. The summed E-state index contributed by atoms with van der Waals surface area (Å²) in [6.45, 7) is 6.56. The fourth-order valence-corrected chi connectivity index (χ4v) is 2.82. The average molecular weight is 350 g/mol. The lowest BCUT2D eigenvalue weighted by Gasteiger charge is -2.13. The second-order valence-electron chi connectivity index (χ2n) is 5.79. The molecular weight excluding hydrogens is 326 g/mol. The summed E-state index contributed by atoms with van der Waals surface area (Å²) in [6, 6.07) is 5.35. The summed E-state index contributed by atoms with van der Waals surface area (Å²) in [4.78, 5) is 12.3. The molecule has 0 aliphatic rings. The van der Waals surface area contributed by atoms with Crippen LogP contribution in [0.15, 0.2) is 18.2 Å². The van der Waals surface area contributed by atoms with E-state index in [-0.39, 0.29) is 5.91 Å². The number of carbonyl (C=O) groups excluding carboxylic acids is 1. The second kappa shape index (κ2) is 8.20. The summed E-state index contributed by atoms with van der Waals surface area (Å²) in [5, 5.41) is 7.78. The van der Waals surface area contributed by atoms with E-state index in [1.165, 1.54) is 0 Å². The molecule has 24 heavy (non-hydrogen) atoms. The zero-order valence-electron chi connectivity index (χ0n) is 14.6. The lowest BCUT2D eigenvalue weighted by molar-refractivity contribution is -0.116. The Kier molecular flexibility index (Phi) is 6.26. The van der Waals surface area contributed by atoms with Crippen LogP contribution in [-0.4, -0.2) is 22.3 Å². The first-order valence-electron chi connectivity index (χ1n) is 8.14. The normalized spacial score (nSPS) is 10.7. The molecule has 2 aromatic rings. The van der Waals surface area contributed by atoms with Crippen molar-refractivity contribution in [3.63, 3.8) is 0 Å². The monoisotopic (exact) mass is 349 g/mol. The Labute approximate surface area is 148 Å². The number of rotatable bonds is 7. The lowest BCUT2D eigenvalue weighted by Crippen LogP contribution is -2.14. The van der Waals surface area contributed by atoms with Crippen molar-refractivity contribution in [1.82, 2.24) is 9.78 Å². The number of hydrogen-bond acceptors (Lipinski definition) is 3. The first kappa shape index (κ1) is 18.3. The molecule has 0 unspecified atom stereocenters. The molecule has 1 aromatic carbocycles. The van der Waals surface area contributed by atoms with Gasteiger partial charge in [-0.2, -0.15) is 5.10 Å². The number of amides is 1. The first-order valence-corrected chi connectivity index (χ1v) is 8.52. The van der Waals surface area contributed by atoms with Crippen molar-refractivity contribution in [2.24, 2.45) is 7.05 Å². The van der Waals surface area contributed by atoms with Gasteiger partial charge < -0.3 is 10.1 Å². The van der Waals surface area contributed by atoms with Gasteiger partial charge in [-0.1, -0.05) is 24.6 Å². The van der Waals surface area contributed by atoms with E-state index in [0.29, 0.717) is 35.9 Å².